The fraction of sp³-hybridized carbons (Fsp3) is 0.150. The van der Waals surface area contributed by atoms with E-state index in [1.54, 1.807) is 37.3 Å². The Hall–Kier alpha value is -3.59. The average Bonchev–Trinajstić information content (AvgIpc) is 2.75. The van der Waals surface area contributed by atoms with Gasteiger partial charge in [0.15, 0.2) is 0 Å². The van der Waals surface area contributed by atoms with E-state index in [2.05, 4.69) is 20.0 Å². The number of esters is 1. The van der Waals surface area contributed by atoms with Crippen LogP contribution < -0.4 is 10.3 Å². The van der Waals surface area contributed by atoms with Crippen LogP contribution >= 0.6 is 12.2 Å². The maximum absolute atomic E-state index is 12.1. The van der Waals surface area contributed by atoms with Gasteiger partial charge in [-0.05, 0) is 49.0 Å². The van der Waals surface area contributed by atoms with Crippen molar-refractivity contribution < 1.29 is 14.3 Å². The Labute approximate surface area is 171 Å². The molecule has 3 aromatic rings. The van der Waals surface area contributed by atoms with Gasteiger partial charge >= 0.3 is 5.97 Å². The first-order valence-electron chi connectivity index (χ1n) is 8.61. The first-order valence-corrected chi connectivity index (χ1v) is 9.02. The number of nitrogens with zero attached hydrogens (tertiary/aromatic N) is 3. The van der Waals surface area contributed by atoms with Gasteiger partial charge in [0.25, 0.3) is 5.56 Å². The minimum Gasteiger partial charge on any atom is -0.488 e. The van der Waals surface area contributed by atoms with Gasteiger partial charge in [0.2, 0.25) is 4.77 Å². The molecule has 0 aliphatic rings. The Bertz CT molecular complexity index is 1170. The molecule has 1 heterocycles. The minimum absolute atomic E-state index is 0.0981. The lowest BCUT2D eigenvalue weighted by molar-refractivity contribution is 0.0600. The van der Waals surface area contributed by atoms with E-state index in [9.17, 15) is 9.59 Å². The maximum atomic E-state index is 12.1. The van der Waals surface area contributed by atoms with Crippen LogP contribution in [0.4, 0.5) is 0 Å². The molecule has 0 aliphatic carbocycles. The SMILES string of the molecule is COC(=O)c1ccc(COc2ccccc2C=Nn2c(=S)[nH]nc(C)c2=O)cc1. The van der Waals surface area contributed by atoms with Crippen LogP contribution in [0.15, 0.2) is 58.4 Å². The zero-order chi connectivity index (χ0) is 20.8. The largest absolute Gasteiger partial charge is 0.488 e. The van der Waals surface area contributed by atoms with Crippen LogP contribution in [0, 0.1) is 11.7 Å². The number of hydrogen-bond donors (Lipinski definition) is 1. The summed E-state index contributed by atoms with van der Waals surface area (Å²) in [6.07, 6.45) is 1.50. The van der Waals surface area contributed by atoms with Crippen LogP contribution in [-0.4, -0.2) is 34.2 Å². The van der Waals surface area contributed by atoms with Crippen molar-refractivity contribution in [3.8, 4) is 5.75 Å². The lowest BCUT2D eigenvalue weighted by Crippen LogP contribution is -2.22. The number of ether oxygens (including phenoxy) is 2. The van der Waals surface area contributed by atoms with Gasteiger partial charge in [0, 0.05) is 5.56 Å². The molecule has 0 aliphatic heterocycles. The number of para-hydroxylation sites is 1. The summed E-state index contributed by atoms with van der Waals surface area (Å²) in [4.78, 5) is 23.6. The standard InChI is InChI=1S/C20H18N4O4S/c1-13-18(25)24(20(29)23-22-13)21-11-16-5-3-4-6-17(16)28-12-14-7-9-15(10-8-14)19(26)27-2/h3-11H,12H2,1-2H3,(H,23,29). The van der Waals surface area contributed by atoms with Crippen molar-refractivity contribution in [1.82, 2.24) is 14.9 Å². The van der Waals surface area contributed by atoms with Gasteiger partial charge in [-0.3, -0.25) is 9.89 Å². The molecular weight excluding hydrogens is 392 g/mol. The highest BCUT2D eigenvalue weighted by Crippen LogP contribution is 2.18. The molecule has 3 rings (SSSR count). The normalized spacial score (nSPS) is 10.8. The molecule has 29 heavy (non-hydrogen) atoms. The van der Waals surface area contributed by atoms with Gasteiger partial charge in [-0.25, -0.2) is 4.79 Å². The molecule has 2 aromatic carbocycles. The van der Waals surface area contributed by atoms with Crippen LogP contribution in [0.2, 0.25) is 0 Å². The molecule has 1 N–H and O–H groups in total. The van der Waals surface area contributed by atoms with E-state index >= 15 is 0 Å². The van der Waals surface area contributed by atoms with Crippen molar-refractivity contribution in [3.05, 3.63) is 86.0 Å². The number of H-pyrrole nitrogens is 1. The van der Waals surface area contributed by atoms with Gasteiger partial charge in [-0.1, -0.05) is 24.3 Å². The Morgan fingerprint density at radius 2 is 1.97 bits per heavy atom. The van der Waals surface area contributed by atoms with Crippen molar-refractivity contribution in [3.63, 3.8) is 0 Å². The summed E-state index contributed by atoms with van der Waals surface area (Å²) in [7, 11) is 1.34. The molecule has 0 radical (unpaired) electrons. The number of carbonyl (C=O) groups excluding carboxylic acids is 1. The third-order valence-corrected chi connectivity index (χ3v) is 4.28. The average molecular weight is 410 g/mol. The summed E-state index contributed by atoms with van der Waals surface area (Å²) in [5.74, 6) is 0.195. The molecule has 0 spiro atoms. The number of aromatic amines is 1. The first kappa shape index (κ1) is 20.2. The predicted molar refractivity (Wildman–Crippen MR) is 110 cm³/mol. The molecule has 8 nitrogen and oxygen atoms in total. The predicted octanol–water partition coefficient (Wildman–Crippen LogP) is 2.86. The quantitative estimate of drug-likeness (QED) is 0.381. The molecule has 1 aromatic heterocycles. The van der Waals surface area contributed by atoms with E-state index in [0.29, 0.717) is 23.5 Å². The fourth-order valence-corrected chi connectivity index (χ4v) is 2.61. The van der Waals surface area contributed by atoms with Crippen LogP contribution in [0.3, 0.4) is 0 Å². The molecule has 0 unspecified atom stereocenters. The summed E-state index contributed by atoms with van der Waals surface area (Å²) < 4.78 is 11.7. The van der Waals surface area contributed by atoms with E-state index in [-0.39, 0.29) is 16.4 Å². The number of aryl methyl sites for hydroxylation is 1. The zero-order valence-electron chi connectivity index (χ0n) is 15.8. The van der Waals surface area contributed by atoms with E-state index in [1.165, 1.54) is 13.3 Å². The van der Waals surface area contributed by atoms with Crippen molar-refractivity contribution in [2.24, 2.45) is 5.10 Å². The highest BCUT2D eigenvalue weighted by Gasteiger charge is 2.06. The number of hydrogen-bond acceptors (Lipinski definition) is 7. The molecule has 0 saturated heterocycles. The van der Waals surface area contributed by atoms with Gasteiger partial charge < -0.3 is 9.47 Å². The van der Waals surface area contributed by atoms with Crippen LogP contribution in [0.5, 0.6) is 5.75 Å². The Kier molecular flexibility index (Phi) is 6.30. The third-order valence-electron chi connectivity index (χ3n) is 4.01. The van der Waals surface area contributed by atoms with Crippen LogP contribution in [0.25, 0.3) is 0 Å². The van der Waals surface area contributed by atoms with Crippen LogP contribution in [0.1, 0.15) is 27.2 Å². The highest BCUT2D eigenvalue weighted by molar-refractivity contribution is 7.71. The number of rotatable bonds is 6. The summed E-state index contributed by atoms with van der Waals surface area (Å²) in [6.45, 7) is 1.86. The summed E-state index contributed by atoms with van der Waals surface area (Å²) in [5, 5.41) is 10.5. The van der Waals surface area contributed by atoms with E-state index in [1.807, 2.05) is 18.2 Å². The highest BCUT2D eigenvalue weighted by atomic mass is 32.1. The number of nitrogens with one attached hydrogen (secondary N) is 1. The molecule has 0 atom stereocenters. The lowest BCUT2D eigenvalue weighted by Gasteiger charge is -2.09. The molecule has 9 heteroatoms. The minimum atomic E-state index is -0.394. The van der Waals surface area contributed by atoms with Gasteiger partial charge in [-0.2, -0.15) is 14.9 Å². The Morgan fingerprint density at radius 1 is 1.24 bits per heavy atom. The maximum Gasteiger partial charge on any atom is 0.337 e. The molecular formula is C20H18N4O4S. The second kappa shape index (κ2) is 9.07. The van der Waals surface area contributed by atoms with Crippen molar-refractivity contribution >= 4 is 24.4 Å². The van der Waals surface area contributed by atoms with E-state index in [0.717, 1.165) is 10.2 Å². The molecule has 148 valence electrons. The fourth-order valence-electron chi connectivity index (χ4n) is 2.43. The van der Waals surface area contributed by atoms with E-state index < -0.39 is 5.56 Å². The Balaban J connectivity index is 1.78. The van der Waals surface area contributed by atoms with Crippen molar-refractivity contribution in [1.29, 1.82) is 0 Å². The smallest absolute Gasteiger partial charge is 0.337 e. The monoisotopic (exact) mass is 410 g/mol. The molecule has 0 fully saturated rings. The molecule has 0 saturated carbocycles. The Morgan fingerprint density at radius 3 is 2.69 bits per heavy atom. The van der Waals surface area contributed by atoms with Crippen LogP contribution in [-0.2, 0) is 11.3 Å². The number of aromatic nitrogens is 3. The molecule has 0 amide bonds. The van der Waals surface area contributed by atoms with E-state index in [4.69, 9.17) is 17.0 Å². The number of carbonyl (C=O) groups is 1. The number of methoxy groups -OCH3 is 1. The third kappa shape index (κ3) is 4.82. The van der Waals surface area contributed by atoms with Gasteiger partial charge in [0.05, 0.1) is 18.9 Å². The number of benzene rings is 2. The van der Waals surface area contributed by atoms with Crippen molar-refractivity contribution in [2.75, 3.05) is 7.11 Å². The molecule has 0 bridgehead atoms. The first-order chi connectivity index (χ1) is 14.0. The second-order valence-corrected chi connectivity index (χ2v) is 6.38. The summed E-state index contributed by atoms with van der Waals surface area (Å²) >= 11 is 5.07. The summed E-state index contributed by atoms with van der Waals surface area (Å²) in [5.41, 5.74) is 1.89. The zero-order valence-corrected chi connectivity index (χ0v) is 16.6. The summed E-state index contributed by atoms with van der Waals surface area (Å²) in [6, 6.07) is 14.2. The lowest BCUT2D eigenvalue weighted by atomic mass is 10.1. The van der Waals surface area contributed by atoms with Gasteiger partial charge in [-0.15, -0.1) is 0 Å². The van der Waals surface area contributed by atoms with Gasteiger partial charge in [0.1, 0.15) is 18.1 Å². The second-order valence-electron chi connectivity index (χ2n) is 5.99. The topological polar surface area (TPSA) is 98.6 Å². The van der Waals surface area contributed by atoms with Crippen molar-refractivity contribution in [2.45, 2.75) is 13.5 Å².